The standard InChI is InChI=1S/C13H23NO2/c15-10-11-6-2-3-7-12(11)13(16)14-8-4-1-5-9-14/h11-12,15H,1-10H2. The Morgan fingerprint density at radius 3 is 2.44 bits per heavy atom. The molecule has 1 saturated carbocycles. The van der Waals surface area contributed by atoms with Gasteiger partial charge in [0.1, 0.15) is 0 Å². The number of nitrogens with zero attached hydrogens (tertiary/aromatic N) is 1. The number of likely N-dealkylation sites (tertiary alicyclic amines) is 1. The van der Waals surface area contributed by atoms with Gasteiger partial charge < -0.3 is 10.0 Å². The van der Waals surface area contributed by atoms with Gasteiger partial charge in [-0.25, -0.2) is 0 Å². The molecule has 92 valence electrons. The van der Waals surface area contributed by atoms with E-state index in [0.29, 0.717) is 5.91 Å². The summed E-state index contributed by atoms with van der Waals surface area (Å²) in [4.78, 5) is 14.4. The normalized spacial score (nSPS) is 31.4. The van der Waals surface area contributed by atoms with Gasteiger partial charge in [0.05, 0.1) is 0 Å². The number of rotatable bonds is 2. The van der Waals surface area contributed by atoms with Crippen molar-refractivity contribution in [3.8, 4) is 0 Å². The molecule has 1 aliphatic heterocycles. The highest BCUT2D eigenvalue weighted by Crippen LogP contribution is 2.31. The average molecular weight is 225 g/mol. The number of hydrogen-bond donors (Lipinski definition) is 1. The van der Waals surface area contributed by atoms with E-state index >= 15 is 0 Å². The largest absolute Gasteiger partial charge is 0.396 e. The second-order valence-corrected chi connectivity index (χ2v) is 5.22. The highest BCUT2D eigenvalue weighted by atomic mass is 16.3. The summed E-state index contributed by atoms with van der Waals surface area (Å²) in [6.45, 7) is 2.06. The Bertz CT molecular complexity index is 236. The van der Waals surface area contributed by atoms with Crippen LogP contribution in [0.15, 0.2) is 0 Å². The maximum Gasteiger partial charge on any atom is 0.226 e. The molecule has 1 amide bonds. The minimum Gasteiger partial charge on any atom is -0.396 e. The Hall–Kier alpha value is -0.570. The molecule has 2 aliphatic rings. The summed E-state index contributed by atoms with van der Waals surface area (Å²) in [5, 5.41) is 9.34. The number of amides is 1. The van der Waals surface area contributed by atoms with E-state index in [1.54, 1.807) is 0 Å². The molecule has 3 heteroatoms. The van der Waals surface area contributed by atoms with Gasteiger partial charge in [-0.3, -0.25) is 4.79 Å². The average Bonchev–Trinajstić information content (AvgIpc) is 2.39. The van der Waals surface area contributed by atoms with Gasteiger partial charge in [0, 0.05) is 25.6 Å². The molecular weight excluding hydrogens is 202 g/mol. The zero-order chi connectivity index (χ0) is 11.4. The quantitative estimate of drug-likeness (QED) is 0.778. The first kappa shape index (κ1) is 11.9. The van der Waals surface area contributed by atoms with Gasteiger partial charge in [-0.2, -0.15) is 0 Å². The maximum atomic E-state index is 12.3. The van der Waals surface area contributed by atoms with Crippen LogP contribution in [0.2, 0.25) is 0 Å². The van der Waals surface area contributed by atoms with Gasteiger partial charge in [-0.05, 0) is 38.0 Å². The zero-order valence-electron chi connectivity index (χ0n) is 10.0. The predicted octanol–water partition coefficient (Wildman–Crippen LogP) is 1.80. The van der Waals surface area contributed by atoms with E-state index in [1.165, 1.54) is 12.8 Å². The lowest BCUT2D eigenvalue weighted by molar-refractivity contribution is -0.140. The molecular formula is C13H23NO2. The topological polar surface area (TPSA) is 40.5 Å². The molecule has 2 rings (SSSR count). The fraction of sp³-hybridized carbons (Fsp3) is 0.923. The first-order chi connectivity index (χ1) is 7.83. The van der Waals surface area contributed by atoms with E-state index in [1.807, 2.05) is 4.90 Å². The van der Waals surface area contributed by atoms with Gasteiger partial charge in [0.2, 0.25) is 5.91 Å². The summed E-state index contributed by atoms with van der Waals surface area (Å²) in [5.41, 5.74) is 0. The summed E-state index contributed by atoms with van der Waals surface area (Å²) in [5.74, 6) is 0.651. The Morgan fingerprint density at radius 2 is 1.75 bits per heavy atom. The SMILES string of the molecule is O=C(C1CCCCC1CO)N1CCCCC1. The second kappa shape index (κ2) is 5.67. The van der Waals surface area contributed by atoms with Crippen LogP contribution in [0.3, 0.4) is 0 Å². The number of hydrogen-bond acceptors (Lipinski definition) is 2. The van der Waals surface area contributed by atoms with Crippen molar-refractivity contribution in [3.63, 3.8) is 0 Å². The third-order valence-electron chi connectivity index (χ3n) is 4.13. The molecule has 0 bridgehead atoms. The molecule has 0 aromatic rings. The number of carbonyl (C=O) groups is 1. The van der Waals surface area contributed by atoms with Crippen LogP contribution < -0.4 is 0 Å². The van der Waals surface area contributed by atoms with Crippen molar-refractivity contribution in [2.24, 2.45) is 11.8 Å². The first-order valence-electron chi connectivity index (χ1n) is 6.72. The van der Waals surface area contributed by atoms with Gasteiger partial charge >= 0.3 is 0 Å². The molecule has 3 nitrogen and oxygen atoms in total. The van der Waals surface area contributed by atoms with E-state index in [0.717, 1.165) is 45.2 Å². The monoisotopic (exact) mass is 225 g/mol. The number of aliphatic hydroxyl groups is 1. The Morgan fingerprint density at radius 1 is 1.06 bits per heavy atom. The summed E-state index contributed by atoms with van der Waals surface area (Å²) in [7, 11) is 0. The van der Waals surface area contributed by atoms with Crippen molar-refractivity contribution < 1.29 is 9.90 Å². The van der Waals surface area contributed by atoms with Crippen molar-refractivity contribution in [1.29, 1.82) is 0 Å². The van der Waals surface area contributed by atoms with E-state index in [2.05, 4.69) is 0 Å². The fourth-order valence-corrected chi connectivity index (χ4v) is 3.10. The molecule has 1 saturated heterocycles. The van der Waals surface area contributed by atoms with Crippen LogP contribution in [0, 0.1) is 11.8 Å². The van der Waals surface area contributed by atoms with E-state index in [9.17, 15) is 9.90 Å². The molecule has 2 fully saturated rings. The van der Waals surface area contributed by atoms with Crippen molar-refractivity contribution in [3.05, 3.63) is 0 Å². The van der Waals surface area contributed by atoms with Gasteiger partial charge in [0.25, 0.3) is 0 Å². The van der Waals surface area contributed by atoms with Gasteiger partial charge in [-0.15, -0.1) is 0 Å². The number of carbonyl (C=O) groups excluding carboxylic acids is 1. The van der Waals surface area contributed by atoms with Crippen molar-refractivity contribution in [2.75, 3.05) is 19.7 Å². The molecule has 0 aromatic heterocycles. The molecule has 0 aromatic carbocycles. The maximum absolute atomic E-state index is 12.3. The molecule has 2 unspecified atom stereocenters. The summed E-state index contributed by atoms with van der Waals surface area (Å²) < 4.78 is 0. The number of aliphatic hydroxyl groups excluding tert-OH is 1. The van der Waals surface area contributed by atoms with Crippen LogP contribution in [0.25, 0.3) is 0 Å². The Kier molecular flexibility index (Phi) is 4.22. The Balaban J connectivity index is 1.95. The number of piperidine rings is 1. The summed E-state index contributed by atoms with van der Waals surface area (Å²) in [6.07, 6.45) is 7.92. The zero-order valence-corrected chi connectivity index (χ0v) is 10.0. The van der Waals surface area contributed by atoms with Crippen LogP contribution in [0.1, 0.15) is 44.9 Å². The van der Waals surface area contributed by atoms with Crippen LogP contribution in [-0.2, 0) is 4.79 Å². The molecule has 0 radical (unpaired) electrons. The highest BCUT2D eigenvalue weighted by molar-refractivity contribution is 5.79. The lowest BCUT2D eigenvalue weighted by Gasteiger charge is -2.35. The molecule has 1 aliphatic carbocycles. The van der Waals surface area contributed by atoms with Crippen LogP contribution in [0.4, 0.5) is 0 Å². The first-order valence-corrected chi connectivity index (χ1v) is 6.72. The van der Waals surface area contributed by atoms with Crippen molar-refractivity contribution in [1.82, 2.24) is 4.90 Å². The van der Waals surface area contributed by atoms with Crippen molar-refractivity contribution >= 4 is 5.91 Å². The van der Waals surface area contributed by atoms with Gasteiger partial charge in [0.15, 0.2) is 0 Å². The minimum atomic E-state index is 0.108. The van der Waals surface area contributed by atoms with Crippen molar-refractivity contribution in [2.45, 2.75) is 44.9 Å². The predicted molar refractivity (Wildman–Crippen MR) is 63.0 cm³/mol. The van der Waals surface area contributed by atoms with Crippen LogP contribution >= 0.6 is 0 Å². The van der Waals surface area contributed by atoms with Crippen LogP contribution in [-0.4, -0.2) is 35.6 Å². The lowest BCUT2D eigenvalue weighted by atomic mass is 9.78. The Labute approximate surface area is 97.8 Å². The third-order valence-corrected chi connectivity index (χ3v) is 4.13. The molecule has 2 atom stereocenters. The minimum absolute atomic E-state index is 0.108. The third kappa shape index (κ3) is 2.57. The van der Waals surface area contributed by atoms with E-state index in [-0.39, 0.29) is 18.4 Å². The molecule has 1 N–H and O–H groups in total. The van der Waals surface area contributed by atoms with Gasteiger partial charge in [-0.1, -0.05) is 12.8 Å². The molecule has 16 heavy (non-hydrogen) atoms. The van der Waals surface area contributed by atoms with Crippen LogP contribution in [0.5, 0.6) is 0 Å². The lowest BCUT2D eigenvalue weighted by Crippen LogP contribution is -2.43. The summed E-state index contributed by atoms with van der Waals surface area (Å²) >= 11 is 0. The smallest absolute Gasteiger partial charge is 0.226 e. The van der Waals surface area contributed by atoms with E-state index < -0.39 is 0 Å². The molecule has 1 heterocycles. The molecule has 0 spiro atoms. The van der Waals surface area contributed by atoms with E-state index in [4.69, 9.17) is 0 Å². The summed E-state index contributed by atoms with van der Waals surface area (Å²) in [6, 6.07) is 0. The highest BCUT2D eigenvalue weighted by Gasteiger charge is 2.33. The second-order valence-electron chi connectivity index (χ2n) is 5.22. The fourth-order valence-electron chi connectivity index (χ4n) is 3.10.